The number of ether oxygens (including phenoxy) is 1. The molecule has 0 saturated heterocycles. The number of fused-ring (bicyclic) bond motifs is 1. The molecule has 33 heavy (non-hydrogen) atoms. The van der Waals surface area contributed by atoms with Crippen LogP contribution in [0.15, 0.2) is 57.7 Å². The van der Waals surface area contributed by atoms with Gasteiger partial charge in [0.1, 0.15) is 11.1 Å². The summed E-state index contributed by atoms with van der Waals surface area (Å²) in [5.74, 6) is -10.3. The number of carbonyl (C=O) groups excluding carboxylic acids is 1. The minimum Gasteiger partial charge on any atom is -0.491 e. The van der Waals surface area contributed by atoms with E-state index in [-0.39, 0.29) is 21.8 Å². The fraction of sp³-hybridized carbons (Fsp3) is 0.0435. The van der Waals surface area contributed by atoms with E-state index in [4.69, 9.17) is 16.0 Å². The third-order valence-corrected chi connectivity index (χ3v) is 5.13. The van der Waals surface area contributed by atoms with E-state index in [0.29, 0.717) is 11.0 Å². The van der Waals surface area contributed by atoms with Gasteiger partial charge < -0.3 is 14.5 Å². The molecule has 0 spiro atoms. The van der Waals surface area contributed by atoms with Crippen molar-refractivity contribution in [1.29, 1.82) is 0 Å². The Balaban J connectivity index is 1.69. The zero-order chi connectivity index (χ0) is 23.9. The van der Waals surface area contributed by atoms with Crippen LogP contribution in [0.4, 0.5) is 23.2 Å². The van der Waals surface area contributed by atoms with Gasteiger partial charge in [0, 0.05) is 16.6 Å². The summed E-state index contributed by atoms with van der Waals surface area (Å²) >= 11 is 6.25. The molecule has 168 valence electrons. The van der Waals surface area contributed by atoms with Crippen LogP contribution in [0.3, 0.4) is 0 Å². The van der Waals surface area contributed by atoms with E-state index in [2.05, 4.69) is 10.1 Å². The highest BCUT2D eigenvalue weighted by atomic mass is 35.5. The standard InChI is InChI=1S/C23H12ClF4NO4/c1-32-21-19(27)17(25)16(18(26)20(21)28)22(30)29-11-6-7-12(14(24)9-11)13-8-10-4-2-3-5-15(10)33-23(13)31/h2-9H,1H3,(H,29,30). The summed E-state index contributed by atoms with van der Waals surface area (Å²) in [6.07, 6.45) is 0. The Hall–Kier alpha value is -3.85. The maximum atomic E-state index is 14.2. The van der Waals surface area contributed by atoms with Gasteiger partial charge in [-0.1, -0.05) is 35.9 Å². The molecule has 0 atom stereocenters. The molecule has 0 aliphatic carbocycles. The topological polar surface area (TPSA) is 68.5 Å². The van der Waals surface area contributed by atoms with Gasteiger partial charge in [0.05, 0.1) is 17.7 Å². The van der Waals surface area contributed by atoms with Crippen LogP contribution in [0.1, 0.15) is 10.4 Å². The zero-order valence-electron chi connectivity index (χ0n) is 16.6. The van der Waals surface area contributed by atoms with Gasteiger partial charge in [0.2, 0.25) is 11.6 Å². The first-order valence-electron chi connectivity index (χ1n) is 9.27. The monoisotopic (exact) mass is 477 g/mol. The summed E-state index contributed by atoms with van der Waals surface area (Å²) in [7, 11) is 0.819. The number of anilines is 1. The summed E-state index contributed by atoms with van der Waals surface area (Å²) in [5, 5.41) is 2.77. The largest absolute Gasteiger partial charge is 0.491 e. The lowest BCUT2D eigenvalue weighted by Gasteiger charge is -2.12. The third-order valence-electron chi connectivity index (χ3n) is 4.81. The molecule has 0 unspecified atom stereocenters. The smallest absolute Gasteiger partial charge is 0.344 e. The molecule has 3 aromatic carbocycles. The molecule has 10 heteroatoms. The number of rotatable bonds is 4. The van der Waals surface area contributed by atoms with Crippen LogP contribution in [0.5, 0.6) is 5.75 Å². The Bertz CT molecular complexity index is 1460. The number of halogens is 5. The minimum atomic E-state index is -1.92. The van der Waals surface area contributed by atoms with Gasteiger partial charge in [-0.2, -0.15) is 8.78 Å². The Labute approximate surface area is 188 Å². The van der Waals surface area contributed by atoms with E-state index in [1.54, 1.807) is 30.3 Å². The summed E-state index contributed by atoms with van der Waals surface area (Å²) in [4.78, 5) is 24.7. The predicted octanol–water partition coefficient (Wildman–Crippen LogP) is 5.93. The number of amides is 1. The maximum absolute atomic E-state index is 14.2. The maximum Gasteiger partial charge on any atom is 0.344 e. The number of nitrogens with one attached hydrogen (secondary N) is 1. The SMILES string of the molecule is COc1c(F)c(F)c(C(=O)Nc2ccc(-c3cc4ccccc4oc3=O)c(Cl)c2)c(F)c1F. The van der Waals surface area contributed by atoms with Crippen molar-refractivity contribution in [3.8, 4) is 16.9 Å². The molecule has 1 N–H and O–H groups in total. The van der Waals surface area contributed by atoms with E-state index in [1.807, 2.05) is 0 Å². The van der Waals surface area contributed by atoms with Crippen LogP contribution in [0, 0.1) is 23.3 Å². The van der Waals surface area contributed by atoms with Crippen molar-refractivity contribution in [1.82, 2.24) is 0 Å². The van der Waals surface area contributed by atoms with Gasteiger partial charge in [-0.25, -0.2) is 13.6 Å². The molecule has 1 aromatic heterocycles. The van der Waals surface area contributed by atoms with Crippen molar-refractivity contribution in [3.05, 3.63) is 92.8 Å². The molecule has 5 nitrogen and oxygen atoms in total. The average molecular weight is 478 g/mol. The van der Waals surface area contributed by atoms with Crippen LogP contribution < -0.4 is 15.7 Å². The van der Waals surface area contributed by atoms with Crippen LogP contribution >= 0.6 is 11.6 Å². The lowest BCUT2D eigenvalue weighted by Crippen LogP contribution is -2.19. The van der Waals surface area contributed by atoms with Crippen LogP contribution in [0.2, 0.25) is 5.02 Å². The van der Waals surface area contributed by atoms with Crippen molar-refractivity contribution in [2.75, 3.05) is 12.4 Å². The number of para-hydroxylation sites is 1. The van der Waals surface area contributed by atoms with Crippen molar-refractivity contribution >= 4 is 34.2 Å². The number of hydrogen-bond donors (Lipinski definition) is 1. The van der Waals surface area contributed by atoms with Crippen LogP contribution in [-0.4, -0.2) is 13.0 Å². The van der Waals surface area contributed by atoms with Crippen molar-refractivity contribution < 1.29 is 31.5 Å². The van der Waals surface area contributed by atoms with E-state index < -0.39 is 46.1 Å². The summed E-state index contributed by atoms with van der Waals surface area (Å²) in [6, 6.07) is 12.3. The van der Waals surface area contributed by atoms with Gasteiger partial charge in [0.15, 0.2) is 17.4 Å². The van der Waals surface area contributed by atoms with E-state index in [9.17, 15) is 27.2 Å². The van der Waals surface area contributed by atoms with E-state index in [1.165, 1.54) is 18.2 Å². The predicted molar refractivity (Wildman–Crippen MR) is 114 cm³/mol. The first kappa shape index (κ1) is 22.3. The van der Waals surface area contributed by atoms with Gasteiger partial charge in [-0.15, -0.1) is 0 Å². The molecule has 0 bridgehead atoms. The molecule has 0 aliphatic rings. The van der Waals surface area contributed by atoms with Crippen molar-refractivity contribution in [2.24, 2.45) is 0 Å². The summed E-state index contributed by atoms with van der Waals surface area (Å²) < 4.78 is 65.8. The molecular weight excluding hydrogens is 466 g/mol. The minimum absolute atomic E-state index is 0.00316. The highest BCUT2D eigenvalue weighted by Gasteiger charge is 2.30. The molecular formula is C23H12ClF4NO4. The molecule has 4 aromatic rings. The molecule has 4 rings (SSSR count). The lowest BCUT2D eigenvalue weighted by atomic mass is 10.1. The zero-order valence-corrected chi connectivity index (χ0v) is 17.4. The first-order valence-corrected chi connectivity index (χ1v) is 9.64. The second kappa shape index (κ2) is 8.59. The van der Waals surface area contributed by atoms with Crippen LogP contribution in [0.25, 0.3) is 22.1 Å². The van der Waals surface area contributed by atoms with Crippen LogP contribution in [-0.2, 0) is 0 Å². The van der Waals surface area contributed by atoms with Crippen molar-refractivity contribution in [2.45, 2.75) is 0 Å². The highest BCUT2D eigenvalue weighted by Crippen LogP contribution is 2.32. The number of benzene rings is 3. The van der Waals surface area contributed by atoms with Gasteiger partial charge in [-0.3, -0.25) is 4.79 Å². The Morgan fingerprint density at radius 3 is 2.24 bits per heavy atom. The molecule has 0 fully saturated rings. The summed E-state index contributed by atoms with van der Waals surface area (Å²) in [6.45, 7) is 0. The molecule has 0 saturated carbocycles. The van der Waals surface area contributed by atoms with Gasteiger partial charge in [0.25, 0.3) is 5.91 Å². The molecule has 0 radical (unpaired) electrons. The highest BCUT2D eigenvalue weighted by molar-refractivity contribution is 6.33. The Kier molecular flexibility index (Phi) is 5.82. The fourth-order valence-electron chi connectivity index (χ4n) is 3.24. The first-order chi connectivity index (χ1) is 15.7. The average Bonchev–Trinajstić information content (AvgIpc) is 2.78. The quantitative estimate of drug-likeness (QED) is 0.225. The van der Waals surface area contributed by atoms with E-state index in [0.717, 1.165) is 7.11 Å². The van der Waals surface area contributed by atoms with Gasteiger partial charge in [-0.05, 0) is 24.3 Å². The second-order valence-corrected chi connectivity index (χ2v) is 7.21. The van der Waals surface area contributed by atoms with Gasteiger partial charge >= 0.3 is 5.63 Å². The summed E-state index contributed by atoms with van der Waals surface area (Å²) in [5.41, 5.74) is -1.37. The normalized spacial score (nSPS) is 11.0. The number of carbonyl (C=O) groups is 1. The second-order valence-electron chi connectivity index (χ2n) is 6.80. The Morgan fingerprint density at radius 1 is 0.939 bits per heavy atom. The lowest BCUT2D eigenvalue weighted by molar-refractivity contribution is 0.101. The third kappa shape index (κ3) is 3.91. The number of hydrogen-bond acceptors (Lipinski definition) is 4. The molecule has 1 heterocycles. The number of methoxy groups -OCH3 is 1. The molecule has 1 amide bonds. The fourth-order valence-corrected chi connectivity index (χ4v) is 3.53. The molecule has 0 aliphatic heterocycles. The Morgan fingerprint density at radius 2 is 1.61 bits per heavy atom. The van der Waals surface area contributed by atoms with Crippen molar-refractivity contribution in [3.63, 3.8) is 0 Å². The van der Waals surface area contributed by atoms with E-state index >= 15 is 0 Å².